The van der Waals surface area contributed by atoms with Crippen molar-refractivity contribution in [1.29, 1.82) is 0 Å². The lowest BCUT2D eigenvalue weighted by molar-refractivity contribution is -0.121. The van der Waals surface area contributed by atoms with E-state index in [4.69, 9.17) is 0 Å². The zero-order chi connectivity index (χ0) is 17.1. The highest BCUT2D eigenvalue weighted by Gasteiger charge is 2.49. The van der Waals surface area contributed by atoms with Gasteiger partial charge in [0.05, 0.1) is 0 Å². The second kappa shape index (κ2) is 5.65. The van der Waals surface area contributed by atoms with Gasteiger partial charge in [0.2, 0.25) is 0 Å². The summed E-state index contributed by atoms with van der Waals surface area (Å²) in [6, 6.07) is 0. The lowest BCUT2D eigenvalue weighted by Gasteiger charge is -2.29. The normalized spacial score (nSPS) is 47.5. The standard InChI is InChI=1S/C12H14O.C11H12O/c1-7-4-10-8-2-3-9(6-8)12(10)11(13)5-7;12-10-3-1-2-9-7-4-5-8(6-7)11(9)10/h2-3,5,8-10,12H,4,6H2,1H3;1,3-5,7-9,11H,2,6H2/t8-,9+,10-,12+;7-,8+,9-,11+/m00/s1. The molecule has 0 aromatic rings. The fourth-order valence-corrected chi connectivity index (χ4v) is 6.51. The Balaban J connectivity index is 0.000000112. The maximum absolute atomic E-state index is 11.8. The minimum absolute atomic E-state index is 0.346. The van der Waals surface area contributed by atoms with E-state index >= 15 is 0 Å². The van der Waals surface area contributed by atoms with E-state index in [1.165, 1.54) is 18.4 Å². The fraction of sp³-hybridized carbons (Fsp3) is 0.565. The van der Waals surface area contributed by atoms with Crippen LogP contribution in [-0.4, -0.2) is 11.6 Å². The summed E-state index contributed by atoms with van der Waals surface area (Å²) in [6.07, 6.45) is 19.6. The quantitative estimate of drug-likeness (QED) is 0.619. The molecule has 0 spiro atoms. The molecule has 0 N–H and O–H groups in total. The Kier molecular flexibility index (Phi) is 3.52. The molecule has 25 heavy (non-hydrogen) atoms. The highest BCUT2D eigenvalue weighted by Crippen LogP contribution is 2.52. The van der Waals surface area contributed by atoms with Gasteiger partial charge >= 0.3 is 0 Å². The molecule has 0 unspecified atom stereocenters. The largest absolute Gasteiger partial charge is 0.295 e. The van der Waals surface area contributed by atoms with E-state index in [1.54, 1.807) is 6.08 Å². The van der Waals surface area contributed by atoms with Crippen LogP contribution >= 0.6 is 0 Å². The van der Waals surface area contributed by atoms with Crippen LogP contribution in [0.5, 0.6) is 0 Å². The summed E-state index contributed by atoms with van der Waals surface area (Å²) in [5.74, 6) is 5.35. The first-order valence-corrected chi connectivity index (χ1v) is 9.90. The molecule has 6 rings (SSSR count). The maximum Gasteiger partial charge on any atom is 0.159 e. The maximum atomic E-state index is 11.8. The first-order valence-electron chi connectivity index (χ1n) is 9.90. The monoisotopic (exact) mass is 334 g/mol. The minimum atomic E-state index is 0.346. The Morgan fingerprint density at radius 2 is 1.40 bits per heavy atom. The van der Waals surface area contributed by atoms with Crippen LogP contribution in [0, 0.1) is 47.3 Å². The predicted molar refractivity (Wildman–Crippen MR) is 97.6 cm³/mol. The summed E-state index contributed by atoms with van der Waals surface area (Å²) >= 11 is 0. The summed E-state index contributed by atoms with van der Waals surface area (Å²) in [5, 5.41) is 0. The van der Waals surface area contributed by atoms with Crippen LogP contribution in [0.2, 0.25) is 0 Å². The molecule has 2 saturated carbocycles. The van der Waals surface area contributed by atoms with E-state index < -0.39 is 0 Å². The highest BCUT2D eigenvalue weighted by molar-refractivity contribution is 5.94. The van der Waals surface area contributed by atoms with E-state index in [9.17, 15) is 9.59 Å². The molecule has 2 nitrogen and oxygen atoms in total. The summed E-state index contributed by atoms with van der Waals surface area (Å²) in [6.45, 7) is 2.09. The van der Waals surface area contributed by atoms with Crippen molar-refractivity contribution in [3.8, 4) is 0 Å². The number of allylic oxidation sites excluding steroid dienone is 8. The van der Waals surface area contributed by atoms with Crippen molar-refractivity contribution in [2.75, 3.05) is 0 Å². The molecule has 0 amide bonds. The molecule has 2 fully saturated rings. The van der Waals surface area contributed by atoms with Gasteiger partial charge in [0.1, 0.15) is 0 Å². The topological polar surface area (TPSA) is 34.1 Å². The molecule has 0 aromatic carbocycles. The fourth-order valence-electron chi connectivity index (χ4n) is 6.51. The number of carbonyl (C=O) groups excluding carboxylic acids is 2. The van der Waals surface area contributed by atoms with Gasteiger partial charge in [0.15, 0.2) is 11.6 Å². The zero-order valence-corrected chi connectivity index (χ0v) is 14.8. The van der Waals surface area contributed by atoms with Crippen molar-refractivity contribution < 1.29 is 9.59 Å². The van der Waals surface area contributed by atoms with Crippen molar-refractivity contribution in [3.05, 3.63) is 48.1 Å². The van der Waals surface area contributed by atoms with Crippen molar-refractivity contribution in [2.45, 2.75) is 32.6 Å². The van der Waals surface area contributed by atoms with Gasteiger partial charge in [-0.25, -0.2) is 0 Å². The van der Waals surface area contributed by atoms with Gasteiger partial charge in [0.25, 0.3) is 0 Å². The smallest absolute Gasteiger partial charge is 0.159 e. The molecule has 4 bridgehead atoms. The van der Waals surface area contributed by atoms with Gasteiger partial charge in [0, 0.05) is 11.8 Å². The molecular formula is C23H26O2. The van der Waals surface area contributed by atoms with Gasteiger partial charge in [-0.1, -0.05) is 36.0 Å². The first-order chi connectivity index (χ1) is 12.1. The highest BCUT2D eigenvalue weighted by atomic mass is 16.1. The molecule has 0 aromatic heterocycles. The third kappa shape index (κ3) is 2.37. The van der Waals surface area contributed by atoms with Crippen LogP contribution in [0.4, 0.5) is 0 Å². The van der Waals surface area contributed by atoms with Gasteiger partial charge in [-0.05, 0) is 80.3 Å². The first kappa shape index (κ1) is 15.5. The Labute approximate surface area is 149 Å². The van der Waals surface area contributed by atoms with Crippen LogP contribution < -0.4 is 0 Å². The van der Waals surface area contributed by atoms with Crippen molar-refractivity contribution in [2.24, 2.45) is 47.3 Å². The van der Waals surface area contributed by atoms with E-state index in [0.717, 1.165) is 12.8 Å². The lowest BCUT2D eigenvalue weighted by atomic mass is 9.73. The second-order valence-corrected chi connectivity index (χ2v) is 8.91. The molecular weight excluding hydrogens is 308 g/mol. The van der Waals surface area contributed by atoms with Crippen LogP contribution in [-0.2, 0) is 9.59 Å². The Bertz CT molecular complexity index is 737. The molecule has 0 heterocycles. The molecule has 6 aliphatic rings. The van der Waals surface area contributed by atoms with Gasteiger partial charge in [-0.2, -0.15) is 0 Å². The molecule has 8 atom stereocenters. The number of carbonyl (C=O) groups is 2. The SMILES string of the molecule is CC1=CC(=O)[C@H]2[C@@H](C1)[C@H]1C=C[C@@H]2C1.O=C1C=CC[C@@H]2[C@H]1[C@@H]1C=C[C@H]2C1. The van der Waals surface area contributed by atoms with Gasteiger partial charge < -0.3 is 0 Å². The molecule has 130 valence electrons. The van der Waals surface area contributed by atoms with Gasteiger partial charge in [-0.3, -0.25) is 9.59 Å². The predicted octanol–water partition coefficient (Wildman–Crippen LogP) is 4.30. The summed E-state index contributed by atoms with van der Waals surface area (Å²) in [4.78, 5) is 23.3. The number of rotatable bonds is 0. The van der Waals surface area contributed by atoms with E-state index in [-0.39, 0.29) is 0 Å². The molecule has 2 heteroatoms. The molecule has 0 saturated heterocycles. The number of fused-ring (bicyclic) bond motifs is 10. The number of ketones is 2. The van der Waals surface area contributed by atoms with E-state index in [0.29, 0.717) is 58.9 Å². The summed E-state index contributed by atoms with van der Waals surface area (Å²) in [5.41, 5.74) is 1.28. The molecule has 0 aliphatic heterocycles. The van der Waals surface area contributed by atoms with E-state index in [2.05, 4.69) is 37.3 Å². The van der Waals surface area contributed by atoms with E-state index in [1.807, 2.05) is 6.08 Å². The molecule has 0 radical (unpaired) electrons. The van der Waals surface area contributed by atoms with Crippen molar-refractivity contribution >= 4 is 11.6 Å². The van der Waals surface area contributed by atoms with Gasteiger partial charge in [-0.15, -0.1) is 0 Å². The minimum Gasteiger partial charge on any atom is -0.295 e. The van der Waals surface area contributed by atoms with Crippen LogP contribution in [0.3, 0.4) is 0 Å². The van der Waals surface area contributed by atoms with Crippen LogP contribution in [0.25, 0.3) is 0 Å². The van der Waals surface area contributed by atoms with Crippen LogP contribution in [0.15, 0.2) is 48.1 Å². The molecule has 6 aliphatic carbocycles. The lowest BCUT2D eigenvalue weighted by Crippen LogP contribution is -2.29. The second-order valence-electron chi connectivity index (χ2n) is 8.91. The number of hydrogen-bond acceptors (Lipinski definition) is 2. The summed E-state index contributed by atoms with van der Waals surface area (Å²) < 4.78 is 0. The van der Waals surface area contributed by atoms with Crippen molar-refractivity contribution in [3.63, 3.8) is 0 Å². The zero-order valence-electron chi connectivity index (χ0n) is 14.8. The third-order valence-electron chi connectivity index (χ3n) is 7.54. The van der Waals surface area contributed by atoms with Crippen molar-refractivity contribution in [1.82, 2.24) is 0 Å². The Morgan fingerprint density at radius 3 is 2.08 bits per heavy atom. The summed E-state index contributed by atoms with van der Waals surface area (Å²) in [7, 11) is 0. The third-order valence-corrected chi connectivity index (χ3v) is 7.54. The average Bonchev–Trinajstić information content (AvgIpc) is 3.36. The number of hydrogen-bond donors (Lipinski definition) is 0. The average molecular weight is 334 g/mol. The van der Waals surface area contributed by atoms with Crippen LogP contribution in [0.1, 0.15) is 32.6 Å². The Morgan fingerprint density at radius 1 is 0.800 bits per heavy atom. The Hall–Kier alpha value is -1.70.